The van der Waals surface area contributed by atoms with Crippen LogP contribution in [0.25, 0.3) is 0 Å². The number of hydrogen-bond donors (Lipinski definition) is 1. The zero-order chi connectivity index (χ0) is 17.7. The molecule has 1 aromatic rings. The van der Waals surface area contributed by atoms with Crippen LogP contribution in [0.3, 0.4) is 0 Å². The molecule has 24 heavy (non-hydrogen) atoms. The lowest BCUT2D eigenvalue weighted by Crippen LogP contribution is -2.42. The van der Waals surface area contributed by atoms with Crippen molar-refractivity contribution in [1.82, 2.24) is 14.9 Å². The molecule has 1 aliphatic rings. The molecule has 1 aromatic heterocycles. The first-order valence-corrected chi connectivity index (χ1v) is 8.33. The van der Waals surface area contributed by atoms with Crippen molar-refractivity contribution in [2.75, 3.05) is 25.0 Å². The second-order valence-electron chi connectivity index (χ2n) is 6.86. The van der Waals surface area contributed by atoms with Gasteiger partial charge in [-0.25, -0.2) is 9.97 Å². The lowest BCUT2D eigenvalue weighted by molar-refractivity contribution is -0.161. The van der Waals surface area contributed by atoms with Gasteiger partial charge in [0.05, 0.1) is 12.5 Å². The normalized spacial score (nSPS) is 16.7. The average molecular weight is 355 g/mol. The highest BCUT2D eigenvalue weighted by atomic mass is 35.5. The van der Waals surface area contributed by atoms with Gasteiger partial charge >= 0.3 is 5.97 Å². The third kappa shape index (κ3) is 6.05. The van der Waals surface area contributed by atoms with Crippen molar-refractivity contribution in [3.05, 3.63) is 17.5 Å². The van der Waals surface area contributed by atoms with Crippen LogP contribution in [0.15, 0.2) is 12.4 Å². The highest BCUT2D eigenvalue weighted by molar-refractivity contribution is 6.29. The van der Waals surface area contributed by atoms with Gasteiger partial charge in [0.2, 0.25) is 5.91 Å². The van der Waals surface area contributed by atoms with E-state index >= 15 is 0 Å². The maximum atomic E-state index is 12.1. The Labute approximate surface area is 146 Å². The first-order chi connectivity index (χ1) is 11.2. The number of carbonyl (C=O) groups excluding carboxylic acids is 2. The first kappa shape index (κ1) is 18.6. The van der Waals surface area contributed by atoms with Gasteiger partial charge in [0.1, 0.15) is 22.9 Å². The quantitative estimate of drug-likeness (QED) is 0.658. The molecule has 0 radical (unpaired) electrons. The summed E-state index contributed by atoms with van der Waals surface area (Å²) in [5.41, 5.74) is -0.465. The highest BCUT2D eigenvalue weighted by Crippen LogP contribution is 2.21. The Morgan fingerprint density at radius 2 is 2.00 bits per heavy atom. The molecule has 0 spiro atoms. The summed E-state index contributed by atoms with van der Waals surface area (Å²) < 4.78 is 5.42. The van der Waals surface area contributed by atoms with E-state index in [1.807, 2.05) is 25.7 Å². The van der Waals surface area contributed by atoms with Crippen LogP contribution < -0.4 is 5.32 Å². The number of hydrogen-bond acceptors (Lipinski definition) is 6. The fraction of sp³-hybridized carbons (Fsp3) is 0.625. The molecule has 0 aromatic carbocycles. The number of ether oxygens (including phenoxy) is 1. The highest BCUT2D eigenvalue weighted by Gasteiger charge is 2.29. The van der Waals surface area contributed by atoms with Gasteiger partial charge in [-0.15, -0.1) is 0 Å². The summed E-state index contributed by atoms with van der Waals surface area (Å²) in [6.07, 6.45) is 2.69. The number of nitrogens with zero attached hydrogens (tertiary/aromatic N) is 3. The van der Waals surface area contributed by atoms with E-state index in [1.165, 1.54) is 12.4 Å². The molecule has 7 nitrogen and oxygen atoms in total. The Morgan fingerprint density at radius 3 is 2.58 bits per heavy atom. The van der Waals surface area contributed by atoms with Crippen molar-refractivity contribution in [1.29, 1.82) is 0 Å². The van der Waals surface area contributed by atoms with Crippen molar-refractivity contribution >= 4 is 29.3 Å². The van der Waals surface area contributed by atoms with E-state index in [-0.39, 0.29) is 29.5 Å². The molecule has 0 unspecified atom stereocenters. The predicted molar refractivity (Wildman–Crippen MR) is 90.7 cm³/mol. The standard InChI is InChI=1S/C16H23ClN4O3/c1-16(2,3)24-15(23)11-4-6-21(7-5-11)9-14(22)20-13-8-12(17)18-10-19-13/h8,10-11H,4-7,9H2,1-3H3,(H,18,19,20,22). The summed E-state index contributed by atoms with van der Waals surface area (Å²) in [4.78, 5) is 33.8. The third-order valence-electron chi connectivity index (χ3n) is 3.60. The second kappa shape index (κ2) is 7.90. The summed E-state index contributed by atoms with van der Waals surface area (Å²) in [5, 5.41) is 2.96. The molecule has 0 bridgehead atoms. The molecule has 1 aliphatic heterocycles. The minimum absolute atomic E-state index is 0.0933. The van der Waals surface area contributed by atoms with Crippen LogP contribution in [0.1, 0.15) is 33.6 Å². The molecule has 2 heterocycles. The zero-order valence-corrected chi connectivity index (χ0v) is 15.0. The molecule has 1 N–H and O–H groups in total. The van der Waals surface area contributed by atoms with E-state index in [4.69, 9.17) is 16.3 Å². The molecular formula is C16H23ClN4O3. The van der Waals surface area contributed by atoms with Crippen molar-refractivity contribution in [3.63, 3.8) is 0 Å². The summed E-state index contributed by atoms with van der Waals surface area (Å²) in [6.45, 7) is 7.21. The van der Waals surface area contributed by atoms with E-state index in [9.17, 15) is 9.59 Å². The predicted octanol–water partition coefficient (Wildman–Crippen LogP) is 2.12. The Hall–Kier alpha value is -1.73. The smallest absolute Gasteiger partial charge is 0.309 e. The van der Waals surface area contributed by atoms with E-state index in [1.54, 1.807) is 0 Å². The van der Waals surface area contributed by atoms with E-state index in [2.05, 4.69) is 15.3 Å². The molecule has 1 amide bonds. The largest absolute Gasteiger partial charge is 0.460 e. The molecule has 1 saturated heterocycles. The van der Waals surface area contributed by atoms with Crippen LogP contribution in [0, 0.1) is 5.92 Å². The van der Waals surface area contributed by atoms with Crippen molar-refractivity contribution in [2.24, 2.45) is 5.92 Å². The number of nitrogens with one attached hydrogen (secondary N) is 1. The van der Waals surface area contributed by atoms with Crippen LogP contribution in [0.4, 0.5) is 5.82 Å². The van der Waals surface area contributed by atoms with Crippen molar-refractivity contribution < 1.29 is 14.3 Å². The Kier molecular flexibility index (Phi) is 6.12. The van der Waals surface area contributed by atoms with Crippen LogP contribution in [0.2, 0.25) is 5.15 Å². The fourth-order valence-electron chi connectivity index (χ4n) is 2.50. The lowest BCUT2D eigenvalue weighted by atomic mass is 9.96. The maximum Gasteiger partial charge on any atom is 0.309 e. The number of piperidine rings is 1. The number of anilines is 1. The fourth-order valence-corrected chi connectivity index (χ4v) is 2.65. The monoisotopic (exact) mass is 354 g/mol. The number of esters is 1. The number of halogens is 1. The van der Waals surface area contributed by atoms with Gasteiger partial charge in [-0.3, -0.25) is 14.5 Å². The Morgan fingerprint density at radius 1 is 1.33 bits per heavy atom. The van der Waals surface area contributed by atoms with Gasteiger partial charge in [0.15, 0.2) is 0 Å². The van der Waals surface area contributed by atoms with Gasteiger partial charge in [0, 0.05) is 6.07 Å². The van der Waals surface area contributed by atoms with Crippen LogP contribution >= 0.6 is 11.6 Å². The number of amides is 1. The average Bonchev–Trinajstić information content (AvgIpc) is 2.46. The topological polar surface area (TPSA) is 84.4 Å². The van der Waals surface area contributed by atoms with Crippen LogP contribution in [-0.2, 0) is 14.3 Å². The molecule has 2 rings (SSSR count). The SMILES string of the molecule is CC(C)(C)OC(=O)C1CCN(CC(=O)Nc2cc(Cl)ncn2)CC1. The lowest BCUT2D eigenvalue weighted by Gasteiger charge is -2.31. The molecular weight excluding hydrogens is 332 g/mol. The van der Waals surface area contributed by atoms with E-state index in [0.29, 0.717) is 31.7 Å². The van der Waals surface area contributed by atoms with Gasteiger partial charge in [-0.05, 0) is 46.7 Å². The minimum atomic E-state index is -0.465. The molecule has 1 fully saturated rings. The van der Waals surface area contributed by atoms with E-state index < -0.39 is 5.60 Å². The second-order valence-corrected chi connectivity index (χ2v) is 7.25. The number of rotatable bonds is 4. The number of carbonyl (C=O) groups is 2. The van der Waals surface area contributed by atoms with Gasteiger partial charge in [-0.1, -0.05) is 11.6 Å². The van der Waals surface area contributed by atoms with Gasteiger partial charge in [0.25, 0.3) is 0 Å². The molecule has 8 heteroatoms. The van der Waals surface area contributed by atoms with Crippen LogP contribution in [0.5, 0.6) is 0 Å². The zero-order valence-electron chi connectivity index (χ0n) is 14.2. The maximum absolute atomic E-state index is 12.1. The molecule has 0 atom stereocenters. The first-order valence-electron chi connectivity index (χ1n) is 7.95. The summed E-state index contributed by atoms with van der Waals surface area (Å²) in [5.74, 6) is -0.0319. The number of aromatic nitrogens is 2. The van der Waals surface area contributed by atoms with Crippen molar-refractivity contribution in [2.45, 2.75) is 39.2 Å². The van der Waals surface area contributed by atoms with E-state index in [0.717, 1.165) is 0 Å². The summed E-state index contributed by atoms with van der Waals surface area (Å²) in [7, 11) is 0. The number of likely N-dealkylation sites (tertiary alicyclic amines) is 1. The Balaban J connectivity index is 1.76. The molecule has 0 saturated carbocycles. The Bertz CT molecular complexity index is 595. The third-order valence-corrected chi connectivity index (χ3v) is 3.80. The minimum Gasteiger partial charge on any atom is -0.460 e. The van der Waals surface area contributed by atoms with Gasteiger partial charge in [-0.2, -0.15) is 0 Å². The van der Waals surface area contributed by atoms with Crippen LogP contribution in [-0.4, -0.2) is 52.0 Å². The molecule has 132 valence electrons. The summed E-state index contributed by atoms with van der Waals surface area (Å²) in [6, 6.07) is 1.49. The van der Waals surface area contributed by atoms with Gasteiger partial charge < -0.3 is 10.1 Å². The van der Waals surface area contributed by atoms with Crippen molar-refractivity contribution in [3.8, 4) is 0 Å². The molecule has 0 aliphatic carbocycles. The summed E-state index contributed by atoms with van der Waals surface area (Å²) >= 11 is 5.75.